The fourth-order valence-corrected chi connectivity index (χ4v) is 0.312. The van der Waals surface area contributed by atoms with E-state index in [1.54, 1.807) is 0 Å². The summed E-state index contributed by atoms with van der Waals surface area (Å²) in [4.78, 5) is 0. The average Bonchev–Trinajstić information content (AvgIpc) is 3.71. The molecule has 0 heterocycles. The van der Waals surface area contributed by atoms with Crippen LogP contribution in [0.2, 0.25) is 0 Å². The van der Waals surface area contributed by atoms with E-state index in [9.17, 15) is 0 Å². The van der Waals surface area contributed by atoms with Crippen molar-refractivity contribution in [1.82, 2.24) is 0 Å². The second-order valence-electron chi connectivity index (χ2n) is 1.25. The number of rotatable bonds is 0. The van der Waals surface area contributed by atoms with Crippen molar-refractivity contribution >= 4 is 82.5 Å². The van der Waals surface area contributed by atoms with Crippen molar-refractivity contribution in [1.29, 1.82) is 0 Å². The van der Waals surface area contributed by atoms with Crippen molar-refractivity contribution in [3.8, 4) is 0 Å². The summed E-state index contributed by atoms with van der Waals surface area (Å²) in [6.07, 6.45) is 25.0. The second kappa shape index (κ2) is 146. The van der Waals surface area contributed by atoms with Crippen LogP contribution in [0.1, 0.15) is 0 Å². The van der Waals surface area contributed by atoms with Gasteiger partial charge in [-0.05, 0) is 0 Å². The maximum Gasteiger partial charge on any atom is 2.00 e. The molecule has 0 aromatic carbocycles. The smallest absolute Gasteiger partial charge is 2.00 e. The summed E-state index contributed by atoms with van der Waals surface area (Å²) >= 11 is 5.00. The molecule has 1 saturated carbocycles. The number of allylic oxidation sites excluding steroid dienone is 4. The Labute approximate surface area is 399 Å². The Morgan fingerprint density at radius 1 is 0.323 bits per heavy atom. The second-order valence-corrected chi connectivity index (χ2v) is 1.25. The zero-order valence-electron chi connectivity index (χ0n) is 16.2. The first-order chi connectivity index (χ1) is 15.0. The molecule has 10 radical (unpaired) electrons. The zero-order valence-corrected chi connectivity index (χ0v) is 79.8. The average molecular weight is 2540 g/mol. The van der Waals surface area contributed by atoms with Gasteiger partial charge in [-0.1, -0.05) is 0 Å². The van der Waals surface area contributed by atoms with Crippen LogP contribution >= 0.6 is 82.5 Å². The normalized spacial score (nSPS) is 8.71. The van der Waals surface area contributed by atoms with Crippen LogP contribution < -0.4 is 0 Å². The van der Waals surface area contributed by atoms with Crippen molar-refractivity contribution in [3.63, 3.8) is 0 Å². The molecule has 21 heteroatoms. The van der Waals surface area contributed by atoms with Gasteiger partial charge in [0.1, 0.15) is 0 Å². The third kappa shape index (κ3) is 139. The third-order valence-corrected chi connectivity index (χ3v) is 0.625. The molecule has 0 bridgehead atoms. The van der Waals surface area contributed by atoms with Crippen molar-refractivity contribution in [2.45, 2.75) is 0 Å². The first kappa shape index (κ1) is 74.1. The van der Waals surface area contributed by atoms with Gasteiger partial charge in [0.05, 0.1) is 0 Å². The van der Waals surface area contributed by atoms with Gasteiger partial charge in [-0.15, -0.1) is 0 Å². The van der Waals surface area contributed by atoms with E-state index in [4.69, 9.17) is 82.5 Å². The molecule has 0 aromatic rings. The SMILES string of the molecule is [C-]1[C-][C-][C-][C-]1.[C]1=[C][C-][C]=[C]1.[Cl][Hg+].[Cl][Hg+].[Cl][Hg+].[Cl][Hg+].[Cl][Hg+].[Cl][Hg+].[Cl][Hg+].[Cl][Hg+].[Cl][Hg+].[Cl][Hg+].[Fe+2]. The van der Waals surface area contributed by atoms with E-state index in [0.717, 1.165) is 0 Å². The maximum absolute atomic E-state index is 4.83. The van der Waals surface area contributed by atoms with Crippen molar-refractivity contribution < 1.29 is 266 Å². The van der Waals surface area contributed by atoms with Crippen LogP contribution in [0.5, 0.6) is 0 Å². The van der Waals surface area contributed by atoms with Gasteiger partial charge >= 0.3 is 348 Å². The van der Waals surface area contributed by atoms with Gasteiger partial charge in [0.15, 0.2) is 0 Å². The molecule has 0 spiro atoms. The Kier molecular flexibility index (Phi) is 348. The van der Waals surface area contributed by atoms with Gasteiger partial charge in [0.2, 0.25) is 0 Å². The van der Waals surface area contributed by atoms with Crippen molar-refractivity contribution in [3.05, 3.63) is 62.8 Å². The number of hydrogen-bond donors (Lipinski definition) is 0. The minimum Gasteiger partial charge on any atom is 2.00 e. The van der Waals surface area contributed by atoms with Crippen LogP contribution in [0.25, 0.3) is 0 Å². The summed E-state index contributed by atoms with van der Waals surface area (Å²) in [6, 6.07) is 0. The van der Waals surface area contributed by atoms with Gasteiger partial charge in [-0.3, -0.25) is 0 Å². The molecule has 0 atom stereocenters. The van der Waals surface area contributed by atoms with E-state index in [2.05, 4.69) is 62.8 Å². The molecular formula is C10Cl10FeHg10+6. The fourth-order valence-electron chi connectivity index (χ4n) is 0.312. The summed E-state index contributed by atoms with van der Waals surface area (Å²) in [6.45, 7) is 0. The predicted molar refractivity (Wildman–Crippen MR) is 91.0 cm³/mol. The number of hydrogen-bond acceptors (Lipinski definition) is 0. The molecule has 0 N–H and O–H groups in total. The van der Waals surface area contributed by atoms with Crippen LogP contribution in [-0.2, 0) is 266 Å². The molecule has 31 heavy (non-hydrogen) atoms. The summed E-state index contributed by atoms with van der Waals surface area (Å²) in [5.41, 5.74) is 0. The molecule has 0 aliphatic heterocycles. The van der Waals surface area contributed by atoms with Crippen molar-refractivity contribution in [2.24, 2.45) is 0 Å². The molecule has 0 amide bonds. The van der Waals surface area contributed by atoms with Crippen LogP contribution in [-0.4, -0.2) is 0 Å². The van der Waals surface area contributed by atoms with Crippen LogP contribution in [0.15, 0.2) is 0 Å². The standard InChI is InChI=1S/2C5.10ClH.Fe.10Hg/c2*1-2-4-5-3-1;;;;;;;;;;;;;;;;;;;;;/h;;10*1H;;;;;;;;;;;/q-5;-1;;;;;;;;;;;11*+2/p-10. The monoisotopic (exact) mass is 2550 g/mol. The maximum atomic E-state index is 4.83. The molecule has 0 saturated heterocycles. The summed E-state index contributed by atoms with van der Waals surface area (Å²) in [5, 5.41) is 0. The Morgan fingerprint density at radius 3 is 0.516 bits per heavy atom. The molecule has 2 rings (SSSR count). The molecule has 0 aromatic heterocycles. The van der Waals surface area contributed by atoms with E-state index in [1.807, 2.05) is 0 Å². The Bertz CT molecular complexity index is 152. The molecular weight excluding hydrogens is 2540 g/mol. The van der Waals surface area contributed by atoms with E-state index in [-0.39, 0.29) is 17.1 Å². The molecule has 1 fully saturated rings. The van der Waals surface area contributed by atoms with Crippen LogP contribution in [0, 0.1) is 62.8 Å². The van der Waals surface area contributed by atoms with E-state index in [1.165, 1.54) is 0 Å². The minimum atomic E-state index is 0. The third-order valence-electron chi connectivity index (χ3n) is 0.625. The zero-order chi connectivity index (χ0) is 27.1. The minimum absolute atomic E-state index is 0. The van der Waals surface area contributed by atoms with E-state index < -0.39 is 0 Å². The molecule has 2 aliphatic carbocycles. The summed E-state index contributed by atoms with van der Waals surface area (Å²) in [7, 11) is 48.3. The van der Waals surface area contributed by atoms with E-state index >= 15 is 0 Å². The topological polar surface area (TPSA) is 0 Å². The first-order valence-corrected chi connectivity index (χ1v) is 72.9. The van der Waals surface area contributed by atoms with E-state index in [0.29, 0.717) is 249 Å². The Balaban J connectivity index is -0.0000000162. The van der Waals surface area contributed by atoms with Gasteiger partial charge in [-0.25, -0.2) is 12.2 Å². The van der Waals surface area contributed by atoms with Crippen LogP contribution in [0.4, 0.5) is 0 Å². The fraction of sp³-hybridized carbons (Fsp3) is 0. The molecule has 0 nitrogen and oxygen atoms in total. The first-order valence-electron chi connectivity index (χ1n) is 5.17. The van der Waals surface area contributed by atoms with Crippen LogP contribution in [0.3, 0.4) is 0 Å². The van der Waals surface area contributed by atoms with Crippen molar-refractivity contribution in [2.75, 3.05) is 0 Å². The Morgan fingerprint density at radius 2 is 0.452 bits per heavy atom. The van der Waals surface area contributed by atoms with Gasteiger partial charge in [0.25, 0.3) is 0 Å². The molecule has 2 aliphatic rings. The quantitative estimate of drug-likeness (QED) is 0.173. The largest absolute Gasteiger partial charge is 2.00 e. The molecule has 0 unspecified atom stereocenters. The summed E-state index contributed by atoms with van der Waals surface area (Å²) in [5.74, 6) is 0. The summed E-state index contributed by atoms with van der Waals surface area (Å²) < 4.78 is 0. The van der Waals surface area contributed by atoms with Gasteiger partial charge in [0, 0.05) is 0 Å². The van der Waals surface area contributed by atoms with Gasteiger partial charge in [-0.2, -0.15) is 18.6 Å². The van der Waals surface area contributed by atoms with Gasteiger partial charge < -0.3 is 32.1 Å². The molecule has 132 valence electrons. The predicted octanol–water partition coefficient (Wildman–Crippen LogP) is 7.68. The number of halogens is 10. The Hall–Kier alpha value is 12.1.